The van der Waals surface area contributed by atoms with Crippen LogP contribution in [0.1, 0.15) is 11.7 Å². The third-order valence-electron chi connectivity index (χ3n) is 5.36. The van der Waals surface area contributed by atoms with Crippen molar-refractivity contribution in [2.75, 3.05) is 38.5 Å². The van der Waals surface area contributed by atoms with Gasteiger partial charge in [-0.1, -0.05) is 30.3 Å². The number of rotatable bonds is 10. The first-order valence-corrected chi connectivity index (χ1v) is 12.1. The number of nitrogens with one attached hydrogen (secondary N) is 3. The molecule has 9 heteroatoms. The Kier molecular flexibility index (Phi) is 6.85. The fourth-order valence-electron chi connectivity index (χ4n) is 3.57. The second-order valence-electron chi connectivity index (χ2n) is 7.96. The number of aromatic nitrogens is 1. The Labute approximate surface area is 193 Å². The van der Waals surface area contributed by atoms with Crippen molar-refractivity contribution in [3.8, 4) is 5.75 Å². The van der Waals surface area contributed by atoms with E-state index in [0.29, 0.717) is 30.9 Å². The first-order valence-electron chi connectivity index (χ1n) is 10.7. The minimum atomic E-state index is -3.60. The highest BCUT2D eigenvalue weighted by atomic mass is 32.2. The molecule has 0 bridgehead atoms. The van der Waals surface area contributed by atoms with E-state index in [2.05, 4.69) is 33.2 Å². The summed E-state index contributed by atoms with van der Waals surface area (Å²) in [5.41, 5.74) is 3.14. The molecule has 1 atom stereocenters. The highest BCUT2D eigenvalue weighted by molar-refractivity contribution is 7.90. The molecule has 0 radical (unpaired) electrons. The average Bonchev–Trinajstić information content (AvgIpc) is 3.16. The molecule has 33 heavy (non-hydrogen) atoms. The third-order valence-corrected chi connectivity index (χ3v) is 6.82. The van der Waals surface area contributed by atoms with Crippen molar-refractivity contribution in [1.82, 2.24) is 14.6 Å². The van der Waals surface area contributed by atoms with Crippen molar-refractivity contribution in [1.29, 1.82) is 0 Å². The van der Waals surface area contributed by atoms with Crippen LogP contribution in [0.5, 0.6) is 5.75 Å². The van der Waals surface area contributed by atoms with Crippen molar-refractivity contribution in [3.05, 3.63) is 72.3 Å². The fourth-order valence-corrected chi connectivity index (χ4v) is 4.18. The van der Waals surface area contributed by atoms with Gasteiger partial charge >= 0.3 is 10.2 Å². The highest BCUT2D eigenvalue weighted by Gasteiger charge is 2.14. The predicted octanol–water partition coefficient (Wildman–Crippen LogP) is 3.24. The van der Waals surface area contributed by atoms with Gasteiger partial charge in [-0.05, 0) is 35.9 Å². The number of aromatic amines is 1. The number of ether oxygens (including phenoxy) is 1. The number of H-pyrrole nitrogens is 1. The van der Waals surface area contributed by atoms with Gasteiger partial charge in [0, 0.05) is 49.5 Å². The summed E-state index contributed by atoms with van der Waals surface area (Å²) in [7, 11) is -0.699. The summed E-state index contributed by atoms with van der Waals surface area (Å²) < 4.78 is 33.4. The van der Waals surface area contributed by atoms with Crippen LogP contribution in [0, 0.1) is 0 Å². The van der Waals surface area contributed by atoms with Gasteiger partial charge in [0.15, 0.2) is 0 Å². The van der Waals surface area contributed by atoms with Gasteiger partial charge in [-0.25, -0.2) is 0 Å². The zero-order valence-corrected chi connectivity index (χ0v) is 19.4. The van der Waals surface area contributed by atoms with E-state index >= 15 is 0 Å². The smallest absolute Gasteiger partial charge is 0.301 e. The third kappa shape index (κ3) is 5.45. The second-order valence-corrected chi connectivity index (χ2v) is 9.85. The minimum absolute atomic E-state index is 0.314. The molecule has 1 aromatic heterocycles. The number of benzene rings is 3. The molecular formula is C24H28N4O4S. The van der Waals surface area contributed by atoms with Crippen molar-refractivity contribution in [3.63, 3.8) is 0 Å². The Morgan fingerprint density at radius 3 is 2.61 bits per heavy atom. The summed E-state index contributed by atoms with van der Waals surface area (Å²) in [6, 6.07) is 20.9. The van der Waals surface area contributed by atoms with Crippen LogP contribution in [0.3, 0.4) is 0 Å². The number of aliphatic hydroxyl groups is 1. The Morgan fingerprint density at radius 1 is 1.00 bits per heavy atom. The number of nitrogens with zero attached hydrogens (tertiary/aromatic N) is 1. The summed E-state index contributed by atoms with van der Waals surface area (Å²) in [5.74, 6) is 0.775. The molecule has 1 heterocycles. The molecule has 0 aliphatic carbocycles. The summed E-state index contributed by atoms with van der Waals surface area (Å²) >= 11 is 0. The molecule has 4 N–H and O–H groups in total. The van der Waals surface area contributed by atoms with Gasteiger partial charge in [-0.2, -0.15) is 12.7 Å². The lowest BCUT2D eigenvalue weighted by atomic mass is 10.1. The molecule has 0 aliphatic rings. The largest absolute Gasteiger partial charge is 0.492 e. The maximum atomic E-state index is 12.0. The van der Waals surface area contributed by atoms with Crippen LogP contribution in [-0.2, 0) is 10.2 Å². The van der Waals surface area contributed by atoms with Crippen LogP contribution in [-0.4, -0.2) is 56.6 Å². The first-order chi connectivity index (χ1) is 15.8. The Balaban J connectivity index is 1.27. The first kappa shape index (κ1) is 23.1. The Morgan fingerprint density at radius 2 is 1.79 bits per heavy atom. The van der Waals surface area contributed by atoms with E-state index < -0.39 is 16.3 Å². The van der Waals surface area contributed by atoms with E-state index in [1.807, 2.05) is 24.3 Å². The van der Waals surface area contributed by atoms with E-state index in [1.54, 1.807) is 24.3 Å². The molecule has 4 rings (SSSR count). The van der Waals surface area contributed by atoms with Gasteiger partial charge in [-0.3, -0.25) is 4.72 Å². The SMILES string of the molecule is CN(C)S(=O)(=O)Nc1cccc(C(O)CNCCOc2ccc3c(c2)[nH]c2ccccc23)c1. The maximum absolute atomic E-state index is 12.0. The fraction of sp³-hybridized carbons (Fsp3) is 0.250. The van der Waals surface area contributed by atoms with E-state index in [9.17, 15) is 13.5 Å². The Bertz CT molecular complexity index is 1350. The zero-order valence-electron chi connectivity index (χ0n) is 18.6. The molecule has 0 aliphatic heterocycles. The van der Waals surface area contributed by atoms with E-state index in [1.165, 1.54) is 19.5 Å². The van der Waals surface area contributed by atoms with Crippen LogP contribution in [0.25, 0.3) is 21.8 Å². The van der Waals surface area contributed by atoms with Gasteiger partial charge in [0.05, 0.1) is 17.3 Å². The normalized spacial score (nSPS) is 13.0. The molecule has 4 aromatic rings. The number of anilines is 1. The lowest BCUT2D eigenvalue weighted by Gasteiger charge is -2.16. The molecule has 174 valence electrons. The van der Waals surface area contributed by atoms with Gasteiger partial charge in [0.25, 0.3) is 0 Å². The van der Waals surface area contributed by atoms with Gasteiger partial charge in [-0.15, -0.1) is 0 Å². The second kappa shape index (κ2) is 9.80. The van der Waals surface area contributed by atoms with Crippen molar-refractivity contribution in [2.24, 2.45) is 0 Å². The molecule has 3 aromatic carbocycles. The number of fused-ring (bicyclic) bond motifs is 3. The molecule has 1 unspecified atom stereocenters. The monoisotopic (exact) mass is 468 g/mol. The summed E-state index contributed by atoms with van der Waals surface area (Å²) in [6.45, 7) is 1.31. The van der Waals surface area contributed by atoms with E-state index in [4.69, 9.17) is 4.74 Å². The number of aliphatic hydroxyl groups excluding tert-OH is 1. The highest BCUT2D eigenvalue weighted by Crippen LogP contribution is 2.28. The average molecular weight is 469 g/mol. The maximum Gasteiger partial charge on any atom is 0.301 e. The molecule has 8 nitrogen and oxygen atoms in total. The van der Waals surface area contributed by atoms with Crippen molar-refractivity contribution < 1.29 is 18.3 Å². The van der Waals surface area contributed by atoms with Crippen molar-refractivity contribution in [2.45, 2.75) is 6.10 Å². The van der Waals surface area contributed by atoms with Crippen LogP contribution >= 0.6 is 0 Å². The number of hydrogen-bond donors (Lipinski definition) is 4. The summed E-state index contributed by atoms with van der Waals surface area (Å²) in [4.78, 5) is 3.40. The van der Waals surface area contributed by atoms with Crippen molar-refractivity contribution >= 4 is 37.7 Å². The molecular weight excluding hydrogens is 440 g/mol. The molecule has 0 amide bonds. The van der Waals surface area contributed by atoms with Crippen LogP contribution in [0.2, 0.25) is 0 Å². The van der Waals surface area contributed by atoms with E-state index in [-0.39, 0.29) is 0 Å². The molecule has 0 fully saturated rings. The quantitative estimate of drug-likeness (QED) is 0.267. The van der Waals surface area contributed by atoms with E-state index in [0.717, 1.165) is 26.5 Å². The molecule has 0 saturated heterocycles. The molecule has 0 spiro atoms. The summed E-state index contributed by atoms with van der Waals surface area (Å²) in [5, 5.41) is 16.0. The van der Waals surface area contributed by atoms with Crippen LogP contribution < -0.4 is 14.8 Å². The zero-order chi connectivity index (χ0) is 23.4. The standard InChI is InChI=1S/C24H28N4O4S/c1-28(2)33(30,31)27-18-7-5-6-17(14-18)24(29)16-25-12-13-32-19-10-11-21-20-8-3-4-9-22(20)26-23(21)15-19/h3-11,14-15,24-27,29H,12-13,16H2,1-2H3. The van der Waals surface area contributed by atoms with Gasteiger partial charge in [0.2, 0.25) is 0 Å². The predicted molar refractivity (Wildman–Crippen MR) is 132 cm³/mol. The topological polar surface area (TPSA) is 107 Å². The number of para-hydroxylation sites is 1. The van der Waals surface area contributed by atoms with Gasteiger partial charge < -0.3 is 20.1 Å². The lowest BCUT2D eigenvalue weighted by molar-refractivity contribution is 0.172. The Hall–Kier alpha value is -3.11. The van der Waals surface area contributed by atoms with Gasteiger partial charge in [0.1, 0.15) is 12.4 Å². The van der Waals surface area contributed by atoms with Crippen LogP contribution in [0.15, 0.2) is 66.7 Å². The molecule has 0 saturated carbocycles. The van der Waals surface area contributed by atoms with Crippen LogP contribution in [0.4, 0.5) is 5.69 Å². The minimum Gasteiger partial charge on any atom is -0.492 e. The number of hydrogen-bond acceptors (Lipinski definition) is 5. The summed E-state index contributed by atoms with van der Waals surface area (Å²) in [6.07, 6.45) is -0.781. The lowest BCUT2D eigenvalue weighted by Crippen LogP contribution is -2.29.